The van der Waals surface area contributed by atoms with Crippen molar-refractivity contribution in [2.24, 2.45) is 5.92 Å². The summed E-state index contributed by atoms with van der Waals surface area (Å²) in [7, 11) is 0. The second-order valence-electron chi connectivity index (χ2n) is 4.79. The monoisotopic (exact) mass is 296 g/mol. The molecule has 3 heteroatoms. The number of carbonyl (C=O) groups is 1. The second kappa shape index (κ2) is 5.67. The molecule has 1 aliphatic carbocycles. The van der Waals surface area contributed by atoms with Crippen LogP contribution in [0.15, 0.2) is 22.7 Å². The van der Waals surface area contributed by atoms with Gasteiger partial charge in [0.1, 0.15) is 5.75 Å². The zero-order valence-corrected chi connectivity index (χ0v) is 11.6. The molecule has 2 atom stereocenters. The summed E-state index contributed by atoms with van der Waals surface area (Å²) in [5.74, 6) is 1.41. The Labute approximate surface area is 110 Å². The predicted molar refractivity (Wildman–Crippen MR) is 71.6 cm³/mol. The van der Waals surface area contributed by atoms with E-state index in [2.05, 4.69) is 22.9 Å². The van der Waals surface area contributed by atoms with E-state index in [9.17, 15) is 4.79 Å². The largest absolute Gasteiger partial charge is 0.488 e. The topological polar surface area (TPSA) is 26.3 Å². The molecule has 0 saturated heterocycles. The molecule has 0 aliphatic heterocycles. The number of carbonyl (C=O) groups excluding carboxylic acids is 1. The summed E-state index contributed by atoms with van der Waals surface area (Å²) in [5.41, 5.74) is 0.623. The van der Waals surface area contributed by atoms with Gasteiger partial charge in [-0.25, -0.2) is 0 Å². The highest BCUT2D eigenvalue weighted by Crippen LogP contribution is 2.33. The first-order valence-corrected chi connectivity index (χ1v) is 6.90. The van der Waals surface area contributed by atoms with Crippen LogP contribution in [0.25, 0.3) is 0 Å². The van der Waals surface area contributed by atoms with Gasteiger partial charge < -0.3 is 4.74 Å². The van der Waals surface area contributed by atoms with E-state index in [4.69, 9.17) is 4.74 Å². The minimum Gasteiger partial charge on any atom is -0.488 e. The van der Waals surface area contributed by atoms with Crippen LogP contribution in [-0.2, 0) is 0 Å². The minimum atomic E-state index is 0.246. The van der Waals surface area contributed by atoms with Crippen LogP contribution in [0.3, 0.4) is 0 Å². The van der Waals surface area contributed by atoms with Gasteiger partial charge in [0, 0.05) is 0 Å². The lowest BCUT2D eigenvalue weighted by molar-refractivity contribution is 0.109. The van der Waals surface area contributed by atoms with Gasteiger partial charge in [-0.15, -0.1) is 0 Å². The summed E-state index contributed by atoms with van der Waals surface area (Å²) in [6.45, 7) is 2.26. The van der Waals surface area contributed by atoms with E-state index >= 15 is 0 Å². The molecule has 0 bridgehead atoms. The van der Waals surface area contributed by atoms with Gasteiger partial charge in [0.15, 0.2) is 6.29 Å². The number of rotatable bonds is 3. The van der Waals surface area contributed by atoms with Crippen molar-refractivity contribution in [3.05, 3.63) is 28.2 Å². The molecule has 2 nitrogen and oxygen atoms in total. The van der Waals surface area contributed by atoms with Crippen LogP contribution in [0.5, 0.6) is 5.75 Å². The van der Waals surface area contributed by atoms with Gasteiger partial charge in [0.25, 0.3) is 0 Å². The Hall–Kier alpha value is -0.830. The van der Waals surface area contributed by atoms with Gasteiger partial charge in [-0.3, -0.25) is 4.79 Å². The zero-order valence-electron chi connectivity index (χ0n) is 9.99. The SMILES string of the molecule is CC1CCCC(Oc2c(Br)cccc2C=O)C1. The fourth-order valence-electron chi connectivity index (χ4n) is 2.39. The van der Waals surface area contributed by atoms with Crippen LogP contribution in [0.1, 0.15) is 43.0 Å². The molecule has 1 aromatic rings. The average Bonchev–Trinajstić information content (AvgIpc) is 2.32. The van der Waals surface area contributed by atoms with E-state index in [0.717, 1.165) is 29.5 Å². The Morgan fingerprint density at radius 3 is 2.94 bits per heavy atom. The molecule has 1 saturated carbocycles. The lowest BCUT2D eigenvalue weighted by atomic mass is 9.88. The maximum atomic E-state index is 11.0. The summed E-state index contributed by atoms with van der Waals surface area (Å²) in [4.78, 5) is 11.0. The Morgan fingerprint density at radius 2 is 2.24 bits per heavy atom. The predicted octanol–water partition coefficient (Wildman–Crippen LogP) is 4.22. The van der Waals surface area contributed by atoms with E-state index in [1.807, 2.05) is 12.1 Å². The molecular formula is C14H17BrO2. The molecule has 1 fully saturated rings. The summed E-state index contributed by atoms with van der Waals surface area (Å²) in [5, 5.41) is 0. The van der Waals surface area contributed by atoms with Crippen molar-refractivity contribution in [2.75, 3.05) is 0 Å². The third kappa shape index (κ3) is 3.09. The van der Waals surface area contributed by atoms with E-state index in [1.54, 1.807) is 6.07 Å². The summed E-state index contributed by atoms with van der Waals surface area (Å²) in [6, 6.07) is 5.55. The highest BCUT2D eigenvalue weighted by atomic mass is 79.9. The van der Waals surface area contributed by atoms with Gasteiger partial charge in [0.2, 0.25) is 0 Å². The molecule has 0 aromatic heterocycles. The van der Waals surface area contributed by atoms with Crippen molar-refractivity contribution in [2.45, 2.75) is 38.7 Å². The Morgan fingerprint density at radius 1 is 1.41 bits per heavy atom. The van der Waals surface area contributed by atoms with Gasteiger partial charge >= 0.3 is 0 Å². The molecule has 2 rings (SSSR count). The number of halogens is 1. The minimum absolute atomic E-state index is 0.246. The molecule has 2 unspecified atom stereocenters. The normalized spacial score (nSPS) is 24.4. The molecule has 0 N–H and O–H groups in total. The lowest BCUT2D eigenvalue weighted by Crippen LogP contribution is -2.24. The highest BCUT2D eigenvalue weighted by molar-refractivity contribution is 9.10. The maximum Gasteiger partial charge on any atom is 0.153 e. The number of aldehydes is 1. The number of para-hydroxylation sites is 1. The van der Waals surface area contributed by atoms with Gasteiger partial charge in [0.05, 0.1) is 16.1 Å². The van der Waals surface area contributed by atoms with Crippen molar-refractivity contribution in [1.29, 1.82) is 0 Å². The van der Waals surface area contributed by atoms with Crippen LogP contribution in [0, 0.1) is 5.92 Å². The lowest BCUT2D eigenvalue weighted by Gasteiger charge is -2.28. The van der Waals surface area contributed by atoms with E-state index < -0.39 is 0 Å². The van der Waals surface area contributed by atoms with Gasteiger partial charge in [-0.05, 0) is 53.2 Å². The molecule has 92 valence electrons. The van der Waals surface area contributed by atoms with Gasteiger partial charge in [-0.2, -0.15) is 0 Å². The standard InChI is InChI=1S/C14H17BrO2/c1-10-4-2-6-12(8-10)17-14-11(9-16)5-3-7-13(14)15/h3,5,7,9-10,12H,2,4,6,8H2,1H3. The van der Waals surface area contributed by atoms with E-state index in [1.165, 1.54) is 12.8 Å². The Bertz CT molecular complexity index is 403. The smallest absolute Gasteiger partial charge is 0.153 e. The average molecular weight is 297 g/mol. The first-order valence-electron chi connectivity index (χ1n) is 6.11. The van der Waals surface area contributed by atoms with Crippen LogP contribution < -0.4 is 4.74 Å². The maximum absolute atomic E-state index is 11.0. The third-order valence-electron chi connectivity index (χ3n) is 3.30. The highest BCUT2D eigenvalue weighted by Gasteiger charge is 2.21. The van der Waals surface area contributed by atoms with Crippen LogP contribution in [0.4, 0.5) is 0 Å². The van der Waals surface area contributed by atoms with Crippen molar-refractivity contribution < 1.29 is 9.53 Å². The third-order valence-corrected chi connectivity index (χ3v) is 3.92. The molecule has 0 radical (unpaired) electrons. The number of benzene rings is 1. The van der Waals surface area contributed by atoms with Gasteiger partial charge in [-0.1, -0.05) is 19.4 Å². The van der Waals surface area contributed by atoms with E-state index in [-0.39, 0.29) is 6.10 Å². The van der Waals surface area contributed by atoms with Crippen molar-refractivity contribution in [3.63, 3.8) is 0 Å². The number of hydrogen-bond donors (Lipinski definition) is 0. The summed E-state index contributed by atoms with van der Waals surface area (Å²) < 4.78 is 6.86. The first-order chi connectivity index (χ1) is 8.20. The fourth-order valence-corrected chi connectivity index (χ4v) is 2.87. The molecule has 1 aliphatic rings. The van der Waals surface area contributed by atoms with Crippen molar-refractivity contribution in [1.82, 2.24) is 0 Å². The Balaban J connectivity index is 2.14. The molecular weight excluding hydrogens is 280 g/mol. The molecule has 0 spiro atoms. The number of hydrogen-bond acceptors (Lipinski definition) is 2. The van der Waals surface area contributed by atoms with E-state index in [0.29, 0.717) is 11.3 Å². The quantitative estimate of drug-likeness (QED) is 0.781. The Kier molecular flexibility index (Phi) is 4.21. The second-order valence-corrected chi connectivity index (χ2v) is 5.64. The van der Waals surface area contributed by atoms with Crippen molar-refractivity contribution in [3.8, 4) is 5.75 Å². The zero-order chi connectivity index (χ0) is 12.3. The summed E-state index contributed by atoms with van der Waals surface area (Å²) in [6.07, 6.45) is 5.77. The first kappa shape index (κ1) is 12.6. The van der Waals surface area contributed by atoms with Crippen molar-refractivity contribution >= 4 is 22.2 Å². The molecule has 17 heavy (non-hydrogen) atoms. The van der Waals surface area contributed by atoms with Crippen LogP contribution >= 0.6 is 15.9 Å². The van der Waals surface area contributed by atoms with Crippen LogP contribution in [0.2, 0.25) is 0 Å². The molecule has 0 heterocycles. The molecule has 1 aromatic carbocycles. The summed E-state index contributed by atoms with van der Waals surface area (Å²) >= 11 is 3.45. The molecule has 0 amide bonds. The van der Waals surface area contributed by atoms with Crippen LogP contribution in [-0.4, -0.2) is 12.4 Å². The fraction of sp³-hybridized carbons (Fsp3) is 0.500. The number of ether oxygens (including phenoxy) is 1.